The van der Waals surface area contributed by atoms with E-state index >= 15 is 0 Å². The Labute approximate surface area is 106 Å². The zero-order valence-electron chi connectivity index (χ0n) is 8.93. The fourth-order valence-electron chi connectivity index (χ4n) is 1.67. The van der Waals surface area contributed by atoms with Gasteiger partial charge in [-0.2, -0.15) is 13.2 Å². The molecule has 0 aromatic heterocycles. The quantitative estimate of drug-likeness (QED) is 0.629. The summed E-state index contributed by atoms with van der Waals surface area (Å²) in [5.74, 6) is -0.740. The first-order valence-corrected chi connectivity index (χ1v) is 5.39. The van der Waals surface area contributed by atoms with E-state index in [0.717, 1.165) is 12.1 Å². The molecule has 0 saturated heterocycles. The molecule has 0 atom stereocenters. The third-order valence-corrected chi connectivity index (χ3v) is 2.69. The molecule has 2 aromatic carbocycles. The van der Waals surface area contributed by atoms with Crippen LogP contribution in [0.5, 0.6) is 0 Å². The molecule has 0 radical (unpaired) electrons. The normalized spacial score (nSPS) is 11.6. The van der Waals surface area contributed by atoms with Gasteiger partial charge in [-0.15, -0.1) is 0 Å². The fourth-order valence-corrected chi connectivity index (χ4v) is 1.84. The van der Waals surface area contributed by atoms with E-state index in [2.05, 4.69) is 0 Å². The first-order chi connectivity index (χ1) is 8.39. The molecule has 0 saturated carbocycles. The lowest BCUT2D eigenvalue weighted by molar-refractivity contribution is -0.137. The molecule has 0 fully saturated rings. The predicted octanol–water partition coefficient (Wildman–Crippen LogP) is 5.16. The summed E-state index contributed by atoms with van der Waals surface area (Å²) >= 11 is 5.69. The molecule has 0 spiro atoms. The highest BCUT2D eigenvalue weighted by molar-refractivity contribution is 6.30. The summed E-state index contributed by atoms with van der Waals surface area (Å²) < 4.78 is 52.0. The van der Waals surface area contributed by atoms with Crippen LogP contribution in [0.25, 0.3) is 11.1 Å². The van der Waals surface area contributed by atoms with Gasteiger partial charge >= 0.3 is 6.18 Å². The molecular weight excluding hydrogens is 267 g/mol. The van der Waals surface area contributed by atoms with Crippen molar-refractivity contribution >= 4 is 11.6 Å². The molecule has 0 N–H and O–H groups in total. The van der Waals surface area contributed by atoms with Gasteiger partial charge < -0.3 is 0 Å². The predicted molar refractivity (Wildman–Crippen MR) is 61.8 cm³/mol. The number of hydrogen-bond acceptors (Lipinski definition) is 0. The summed E-state index contributed by atoms with van der Waals surface area (Å²) in [7, 11) is 0. The van der Waals surface area contributed by atoms with E-state index in [9.17, 15) is 17.6 Å². The maximum atomic E-state index is 13.6. The van der Waals surface area contributed by atoms with E-state index in [0.29, 0.717) is 0 Å². The van der Waals surface area contributed by atoms with E-state index in [1.54, 1.807) is 0 Å². The van der Waals surface area contributed by atoms with Gasteiger partial charge in [-0.05, 0) is 29.8 Å². The topological polar surface area (TPSA) is 0 Å². The molecule has 0 nitrogen and oxygen atoms in total. The van der Waals surface area contributed by atoms with Crippen molar-refractivity contribution in [3.63, 3.8) is 0 Å². The van der Waals surface area contributed by atoms with E-state index in [-0.39, 0.29) is 16.1 Å². The molecule has 18 heavy (non-hydrogen) atoms. The zero-order valence-corrected chi connectivity index (χ0v) is 9.69. The lowest BCUT2D eigenvalue weighted by atomic mass is 9.99. The van der Waals surface area contributed by atoms with Crippen molar-refractivity contribution in [2.75, 3.05) is 0 Å². The Kier molecular flexibility index (Phi) is 3.30. The lowest BCUT2D eigenvalue weighted by Crippen LogP contribution is -2.07. The van der Waals surface area contributed by atoms with Crippen molar-refractivity contribution in [3.8, 4) is 11.1 Å². The van der Waals surface area contributed by atoms with Crippen molar-refractivity contribution in [2.45, 2.75) is 6.18 Å². The van der Waals surface area contributed by atoms with E-state index in [4.69, 9.17) is 11.6 Å². The van der Waals surface area contributed by atoms with Crippen LogP contribution in [-0.2, 0) is 6.18 Å². The minimum Gasteiger partial charge on any atom is -0.206 e. The van der Waals surface area contributed by atoms with Crippen LogP contribution in [0.15, 0.2) is 42.5 Å². The van der Waals surface area contributed by atoms with Crippen LogP contribution in [0.4, 0.5) is 17.6 Å². The SMILES string of the molecule is Fc1ccc(Cl)cc1-c1ccccc1C(F)(F)[18F]. The summed E-state index contributed by atoms with van der Waals surface area (Å²) in [6, 6.07) is 8.33. The Morgan fingerprint density at radius 1 is 0.889 bits per heavy atom. The second kappa shape index (κ2) is 4.61. The average molecular weight is 274 g/mol. The summed E-state index contributed by atoms with van der Waals surface area (Å²) in [5, 5.41) is 0.184. The standard InChI is InChI=1S/C13H7ClF4/c14-8-5-6-12(15)10(7-8)9-3-1-2-4-11(9)13(16,17)18/h1-7H/i16-1. The van der Waals surface area contributed by atoms with Crippen LogP contribution in [0.3, 0.4) is 0 Å². The largest absolute Gasteiger partial charge is 0.417 e. The maximum absolute atomic E-state index is 13.6. The first kappa shape index (κ1) is 12.9. The van der Waals surface area contributed by atoms with Gasteiger partial charge in [0.05, 0.1) is 5.56 Å². The van der Waals surface area contributed by atoms with Gasteiger partial charge in [0, 0.05) is 10.6 Å². The number of alkyl halides is 3. The summed E-state index contributed by atoms with van der Waals surface area (Å²) in [6.45, 7) is 0. The van der Waals surface area contributed by atoms with E-state index < -0.39 is 17.6 Å². The average Bonchev–Trinajstić information content (AvgIpc) is 2.31. The Balaban J connectivity index is 2.68. The van der Waals surface area contributed by atoms with E-state index in [1.807, 2.05) is 0 Å². The summed E-state index contributed by atoms with van der Waals surface area (Å²) in [6.07, 6.45) is -4.54. The van der Waals surface area contributed by atoms with Gasteiger partial charge in [0.25, 0.3) is 0 Å². The second-order valence-corrected chi connectivity index (χ2v) is 4.10. The number of hydrogen-bond donors (Lipinski definition) is 0. The number of rotatable bonds is 1. The molecule has 5 heteroatoms. The number of benzene rings is 2. The van der Waals surface area contributed by atoms with Gasteiger partial charge in [0.15, 0.2) is 0 Å². The minimum atomic E-state index is -4.54. The summed E-state index contributed by atoms with van der Waals surface area (Å²) in [4.78, 5) is 0. The lowest BCUT2D eigenvalue weighted by Gasteiger charge is -2.13. The highest BCUT2D eigenvalue weighted by atomic mass is 35.5. The molecule has 0 amide bonds. The Morgan fingerprint density at radius 2 is 1.56 bits per heavy atom. The molecular formula is C13H7ClF4. The van der Waals surface area contributed by atoms with Crippen LogP contribution in [-0.4, -0.2) is 0 Å². The fraction of sp³-hybridized carbons (Fsp3) is 0.0769. The molecule has 0 aliphatic rings. The smallest absolute Gasteiger partial charge is 0.206 e. The molecule has 0 aliphatic carbocycles. The van der Waals surface area contributed by atoms with Crippen molar-refractivity contribution in [3.05, 3.63) is 58.9 Å². The Morgan fingerprint density at radius 3 is 2.22 bits per heavy atom. The zero-order chi connectivity index (χ0) is 13.3. The maximum Gasteiger partial charge on any atom is 0.417 e. The monoisotopic (exact) mass is 273 g/mol. The van der Waals surface area contributed by atoms with Gasteiger partial charge in [0.2, 0.25) is 0 Å². The highest BCUT2D eigenvalue weighted by Gasteiger charge is 2.33. The Bertz CT molecular complexity index is 575. The number of halogens is 5. The third kappa shape index (κ3) is 2.48. The molecule has 0 heterocycles. The summed E-state index contributed by atoms with van der Waals surface area (Å²) in [5.41, 5.74) is -1.26. The molecule has 0 aliphatic heterocycles. The van der Waals surface area contributed by atoms with Crippen LogP contribution in [0.2, 0.25) is 5.02 Å². The van der Waals surface area contributed by atoms with Crippen LogP contribution >= 0.6 is 11.6 Å². The van der Waals surface area contributed by atoms with Gasteiger partial charge in [0.1, 0.15) is 5.82 Å². The van der Waals surface area contributed by atoms with E-state index in [1.165, 1.54) is 30.3 Å². The van der Waals surface area contributed by atoms with Crippen molar-refractivity contribution in [1.29, 1.82) is 0 Å². The molecule has 0 unspecified atom stereocenters. The van der Waals surface area contributed by atoms with Gasteiger partial charge in [-0.25, -0.2) is 4.39 Å². The minimum absolute atomic E-state index is 0.157. The molecule has 0 bridgehead atoms. The molecule has 2 aromatic rings. The van der Waals surface area contributed by atoms with Crippen molar-refractivity contribution < 1.29 is 17.6 Å². The third-order valence-electron chi connectivity index (χ3n) is 2.45. The van der Waals surface area contributed by atoms with Crippen LogP contribution in [0.1, 0.15) is 5.56 Å². The molecule has 2 rings (SSSR count). The first-order valence-electron chi connectivity index (χ1n) is 5.01. The molecule has 94 valence electrons. The van der Waals surface area contributed by atoms with Crippen LogP contribution < -0.4 is 0 Å². The van der Waals surface area contributed by atoms with Gasteiger partial charge in [-0.1, -0.05) is 29.8 Å². The van der Waals surface area contributed by atoms with Gasteiger partial charge in [-0.3, -0.25) is 0 Å². The van der Waals surface area contributed by atoms with Crippen molar-refractivity contribution in [1.82, 2.24) is 0 Å². The van der Waals surface area contributed by atoms with Crippen LogP contribution in [0, 0.1) is 5.82 Å². The van der Waals surface area contributed by atoms with Crippen molar-refractivity contribution in [2.24, 2.45) is 0 Å². The Hall–Kier alpha value is -1.55. The highest BCUT2D eigenvalue weighted by Crippen LogP contribution is 2.38. The second-order valence-electron chi connectivity index (χ2n) is 3.67.